The van der Waals surface area contributed by atoms with Crippen LogP contribution in [0.25, 0.3) is 0 Å². The fraction of sp³-hybridized carbons (Fsp3) is 0.500. The molecule has 0 saturated carbocycles. The van der Waals surface area contributed by atoms with E-state index >= 15 is 0 Å². The molecule has 1 aromatic carbocycles. The summed E-state index contributed by atoms with van der Waals surface area (Å²) >= 11 is 0. The largest absolute Gasteiger partial charge is 0.497 e. The van der Waals surface area contributed by atoms with Crippen molar-refractivity contribution in [3.8, 4) is 11.5 Å². The molecule has 0 radical (unpaired) electrons. The van der Waals surface area contributed by atoms with Crippen molar-refractivity contribution in [1.29, 1.82) is 0 Å². The van der Waals surface area contributed by atoms with Gasteiger partial charge in [-0.25, -0.2) is 0 Å². The monoisotopic (exact) mass is 302 g/mol. The van der Waals surface area contributed by atoms with Crippen LogP contribution in [-0.4, -0.2) is 31.7 Å². The molecular formula is C14H23ClN2O3. The maximum absolute atomic E-state index is 11.4. The first-order valence-electron chi connectivity index (χ1n) is 6.34. The summed E-state index contributed by atoms with van der Waals surface area (Å²) in [5.41, 5.74) is 5.55. The first-order chi connectivity index (χ1) is 9.01. The Kier molecular flexibility index (Phi) is 8.76. The lowest BCUT2D eigenvalue weighted by Crippen LogP contribution is -2.36. The molecule has 0 fully saturated rings. The Bertz CT molecular complexity index is 413. The molecule has 1 rings (SSSR count). The van der Waals surface area contributed by atoms with Crippen molar-refractivity contribution in [2.45, 2.75) is 32.4 Å². The molecule has 0 aliphatic rings. The number of ether oxygens (including phenoxy) is 2. The van der Waals surface area contributed by atoms with Gasteiger partial charge in [-0.2, -0.15) is 0 Å². The van der Waals surface area contributed by atoms with Gasteiger partial charge in [0.2, 0.25) is 5.91 Å². The van der Waals surface area contributed by atoms with Gasteiger partial charge >= 0.3 is 0 Å². The number of carbonyl (C=O) groups is 1. The zero-order valence-electron chi connectivity index (χ0n) is 12.1. The van der Waals surface area contributed by atoms with Crippen molar-refractivity contribution in [3.05, 3.63) is 24.3 Å². The first kappa shape index (κ1) is 18.5. The minimum absolute atomic E-state index is 0. The number of rotatable bonds is 7. The van der Waals surface area contributed by atoms with E-state index in [-0.39, 0.29) is 30.5 Å². The highest BCUT2D eigenvalue weighted by molar-refractivity contribution is 5.85. The number of halogens is 1. The van der Waals surface area contributed by atoms with E-state index < -0.39 is 0 Å². The van der Waals surface area contributed by atoms with Crippen molar-refractivity contribution in [2.24, 2.45) is 5.73 Å². The summed E-state index contributed by atoms with van der Waals surface area (Å²) in [6, 6.07) is 7.23. The predicted molar refractivity (Wildman–Crippen MR) is 81.6 cm³/mol. The highest BCUT2D eigenvalue weighted by Crippen LogP contribution is 2.19. The topological polar surface area (TPSA) is 73.6 Å². The Labute approximate surface area is 126 Å². The van der Waals surface area contributed by atoms with E-state index in [1.165, 1.54) is 0 Å². The van der Waals surface area contributed by atoms with Crippen LogP contribution < -0.4 is 20.5 Å². The quantitative estimate of drug-likeness (QED) is 0.804. The molecule has 0 aliphatic carbocycles. The molecule has 1 aromatic rings. The third kappa shape index (κ3) is 7.21. The number of nitrogens with two attached hydrogens (primary N) is 1. The highest BCUT2D eigenvalue weighted by Gasteiger charge is 2.09. The zero-order chi connectivity index (χ0) is 14.3. The molecule has 0 aromatic heterocycles. The number of hydrogen-bond donors (Lipinski definition) is 2. The van der Waals surface area contributed by atoms with Gasteiger partial charge < -0.3 is 20.5 Å². The summed E-state index contributed by atoms with van der Waals surface area (Å²) in [5, 5.41) is 2.79. The van der Waals surface area contributed by atoms with Crippen LogP contribution in [0.1, 0.15) is 20.3 Å². The third-order valence-corrected chi connectivity index (χ3v) is 2.47. The summed E-state index contributed by atoms with van der Waals surface area (Å²) in [6.07, 6.45) is 0.204. The molecule has 0 saturated heterocycles. The predicted octanol–water partition coefficient (Wildman–Crippen LogP) is 1.74. The number of hydrogen-bond acceptors (Lipinski definition) is 4. The van der Waals surface area contributed by atoms with Gasteiger partial charge in [0.25, 0.3) is 0 Å². The van der Waals surface area contributed by atoms with Gasteiger partial charge in [-0.3, -0.25) is 4.79 Å². The molecular weight excluding hydrogens is 280 g/mol. The Morgan fingerprint density at radius 2 is 2.00 bits per heavy atom. The molecule has 0 heterocycles. The standard InChI is InChI=1S/C14H22N2O3.ClH/c1-10(15)7-14(17)16-9-11(2)19-13-6-4-5-12(8-13)18-3;/h4-6,8,10-11H,7,9,15H2,1-3H3,(H,16,17);1H. The molecule has 20 heavy (non-hydrogen) atoms. The summed E-state index contributed by atoms with van der Waals surface area (Å²) in [6.45, 7) is 4.14. The smallest absolute Gasteiger partial charge is 0.221 e. The molecule has 1 amide bonds. The van der Waals surface area contributed by atoms with Crippen LogP contribution in [0.2, 0.25) is 0 Å². The van der Waals surface area contributed by atoms with Crippen molar-refractivity contribution in [2.75, 3.05) is 13.7 Å². The van der Waals surface area contributed by atoms with E-state index in [4.69, 9.17) is 15.2 Å². The molecule has 0 spiro atoms. The minimum atomic E-state index is -0.130. The molecule has 114 valence electrons. The lowest BCUT2D eigenvalue weighted by molar-refractivity contribution is -0.121. The first-order valence-corrected chi connectivity index (χ1v) is 6.34. The number of nitrogens with one attached hydrogen (secondary N) is 1. The second kappa shape index (κ2) is 9.44. The van der Waals surface area contributed by atoms with Crippen LogP contribution in [0.4, 0.5) is 0 Å². The van der Waals surface area contributed by atoms with Crippen molar-refractivity contribution in [1.82, 2.24) is 5.32 Å². The van der Waals surface area contributed by atoms with Gasteiger partial charge in [0.1, 0.15) is 17.6 Å². The average Bonchev–Trinajstić information content (AvgIpc) is 2.36. The molecule has 0 bridgehead atoms. The lowest BCUT2D eigenvalue weighted by atomic mass is 10.2. The number of methoxy groups -OCH3 is 1. The maximum Gasteiger partial charge on any atom is 0.221 e. The van der Waals surface area contributed by atoms with Crippen LogP contribution >= 0.6 is 12.4 Å². The van der Waals surface area contributed by atoms with E-state index in [9.17, 15) is 4.79 Å². The number of amides is 1. The maximum atomic E-state index is 11.4. The van der Waals surface area contributed by atoms with Gasteiger partial charge in [-0.1, -0.05) is 6.07 Å². The fourth-order valence-corrected chi connectivity index (χ4v) is 1.57. The summed E-state index contributed by atoms with van der Waals surface area (Å²) in [7, 11) is 1.61. The SMILES string of the molecule is COc1cccc(OC(C)CNC(=O)CC(C)N)c1.Cl. The summed E-state index contributed by atoms with van der Waals surface area (Å²) < 4.78 is 10.8. The van der Waals surface area contributed by atoms with Crippen LogP contribution in [-0.2, 0) is 4.79 Å². The molecule has 6 heteroatoms. The van der Waals surface area contributed by atoms with Crippen molar-refractivity contribution < 1.29 is 14.3 Å². The Morgan fingerprint density at radius 3 is 2.60 bits per heavy atom. The summed E-state index contributed by atoms with van der Waals surface area (Å²) in [4.78, 5) is 11.4. The number of carbonyl (C=O) groups excluding carboxylic acids is 1. The van der Waals surface area contributed by atoms with Crippen molar-refractivity contribution >= 4 is 18.3 Å². The van der Waals surface area contributed by atoms with Crippen LogP contribution in [0.3, 0.4) is 0 Å². The Balaban J connectivity index is 0.00000361. The van der Waals surface area contributed by atoms with Gasteiger partial charge in [-0.15, -0.1) is 12.4 Å². The molecule has 2 unspecified atom stereocenters. The summed E-state index contributed by atoms with van der Waals surface area (Å²) in [5.74, 6) is 1.40. The highest BCUT2D eigenvalue weighted by atomic mass is 35.5. The van der Waals surface area contributed by atoms with E-state index in [1.807, 2.05) is 25.1 Å². The Hall–Kier alpha value is -1.46. The molecule has 3 N–H and O–H groups in total. The minimum Gasteiger partial charge on any atom is -0.497 e. The van der Waals surface area contributed by atoms with Gasteiger partial charge in [0.05, 0.1) is 13.7 Å². The van der Waals surface area contributed by atoms with Crippen LogP contribution in [0, 0.1) is 0 Å². The second-order valence-electron chi connectivity index (χ2n) is 4.59. The average molecular weight is 303 g/mol. The lowest BCUT2D eigenvalue weighted by Gasteiger charge is -2.16. The van der Waals surface area contributed by atoms with Crippen LogP contribution in [0.15, 0.2) is 24.3 Å². The van der Waals surface area contributed by atoms with Crippen molar-refractivity contribution in [3.63, 3.8) is 0 Å². The van der Waals surface area contributed by atoms with E-state index in [1.54, 1.807) is 20.1 Å². The van der Waals surface area contributed by atoms with Gasteiger partial charge in [0.15, 0.2) is 0 Å². The van der Waals surface area contributed by atoms with E-state index in [0.717, 1.165) is 5.75 Å². The number of benzene rings is 1. The molecule has 5 nitrogen and oxygen atoms in total. The fourth-order valence-electron chi connectivity index (χ4n) is 1.57. The Morgan fingerprint density at radius 1 is 1.35 bits per heavy atom. The normalized spacial score (nSPS) is 12.8. The van der Waals surface area contributed by atoms with Gasteiger partial charge in [0, 0.05) is 18.5 Å². The van der Waals surface area contributed by atoms with E-state index in [0.29, 0.717) is 18.7 Å². The molecule has 2 atom stereocenters. The second-order valence-corrected chi connectivity index (χ2v) is 4.59. The third-order valence-electron chi connectivity index (χ3n) is 2.47. The molecule has 0 aliphatic heterocycles. The van der Waals surface area contributed by atoms with E-state index in [2.05, 4.69) is 5.32 Å². The van der Waals surface area contributed by atoms with Gasteiger partial charge in [-0.05, 0) is 26.0 Å². The zero-order valence-corrected chi connectivity index (χ0v) is 12.9. The van der Waals surface area contributed by atoms with Crippen LogP contribution in [0.5, 0.6) is 11.5 Å².